The SMILES string of the molecule is C=c1[nH]n(-c2ccccc2)c(=O)/c1=C\c1cc(OCC)ccc1Br. The van der Waals surface area contributed by atoms with Gasteiger partial charge < -0.3 is 4.74 Å². The minimum absolute atomic E-state index is 0.139. The van der Waals surface area contributed by atoms with Crippen LogP contribution in [0.1, 0.15) is 12.5 Å². The second-order valence-electron chi connectivity index (χ2n) is 5.24. The topological polar surface area (TPSA) is 47.0 Å². The number of benzene rings is 2. The van der Waals surface area contributed by atoms with Gasteiger partial charge in [-0.15, -0.1) is 0 Å². The number of H-pyrrole nitrogens is 1. The summed E-state index contributed by atoms with van der Waals surface area (Å²) in [6.45, 7) is 6.48. The molecule has 0 atom stereocenters. The fourth-order valence-electron chi connectivity index (χ4n) is 2.45. The van der Waals surface area contributed by atoms with Crippen LogP contribution >= 0.6 is 15.9 Å². The predicted molar refractivity (Wildman–Crippen MR) is 100 cm³/mol. The van der Waals surface area contributed by atoms with Crippen molar-refractivity contribution in [2.45, 2.75) is 6.92 Å². The van der Waals surface area contributed by atoms with E-state index in [0.29, 0.717) is 17.2 Å². The molecular formula is C19H17BrN2O2. The van der Waals surface area contributed by atoms with Gasteiger partial charge in [-0.2, -0.15) is 0 Å². The molecule has 3 aromatic rings. The second kappa shape index (κ2) is 6.93. The highest BCUT2D eigenvalue weighted by molar-refractivity contribution is 9.10. The number of rotatable bonds is 4. The average molecular weight is 385 g/mol. The molecule has 3 rings (SSSR count). The number of hydrogen-bond donors (Lipinski definition) is 1. The van der Waals surface area contributed by atoms with Crippen LogP contribution in [0, 0.1) is 0 Å². The lowest BCUT2D eigenvalue weighted by Crippen LogP contribution is -2.34. The predicted octanol–water partition coefficient (Wildman–Crippen LogP) is 2.57. The monoisotopic (exact) mass is 384 g/mol. The quantitative estimate of drug-likeness (QED) is 0.751. The number of ether oxygens (including phenoxy) is 1. The maximum atomic E-state index is 12.7. The normalized spacial score (nSPS) is 11.7. The fraction of sp³-hybridized carbons (Fsp3) is 0.105. The highest BCUT2D eigenvalue weighted by Crippen LogP contribution is 2.23. The van der Waals surface area contributed by atoms with E-state index in [1.54, 1.807) is 0 Å². The van der Waals surface area contributed by atoms with Gasteiger partial charge in [0.2, 0.25) is 0 Å². The molecule has 0 aliphatic carbocycles. The minimum Gasteiger partial charge on any atom is -0.494 e. The summed E-state index contributed by atoms with van der Waals surface area (Å²) >= 11 is 3.51. The van der Waals surface area contributed by atoms with Gasteiger partial charge in [0.15, 0.2) is 0 Å². The molecule has 1 aromatic heterocycles. The number of hydrogen-bond acceptors (Lipinski definition) is 2. The van der Waals surface area contributed by atoms with Crippen molar-refractivity contribution in [1.29, 1.82) is 0 Å². The first-order valence-corrected chi connectivity index (χ1v) is 8.39. The smallest absolute Gasteiger partial charge is 0.279 e. The van der Waals surface area contributed by atoms with Crippen LogP contribution in [0.15, 0.2) is 57.8 Å². The zero-order valence-corrected chi connectivity index (χ0v) is 14.8. The molecule has 5 heteroatoms. The van der Waals surface area contributed by atoms with Gasteiger partial charge in [0.05, 0.1) is 22.9 Å². The highest BCUT2D eigenvalue weighted by atomic mass is 79.9. The Morgan fingerprint density at radius 1 is 1.25 bits per heavy atom. The molecule has 4 nitrogen and oxygen atoms in total. The number of nitrogens with zero attached hydrogens (tertiary/aromatic N) is 1. The maximum absolute atomic E-state index is 12.7. The van der Waals surface area contributed by atoms with E-state index in [9.17, 15) is 4.79 Å². The van der Waals surface area contributed by atoms with Gasteiger partial charge in [-0.3, -0.25) is 9.89 Å². The molecule has 0 bridgehead atoms. The van der Waals surface area contributed by atoms with Crippen molar-refractivity contribution in [1.82, 2.24) is 9.78 Å². The Morgan fingerprint density at radius 2 is 2.00 bits per heavy atom. The molecule has 1 heterocycles. The Kier molecular flexibility index (Phi) is 4.71. The summed E-state index contributed by atoms with van der Waals surface area (Å²) in [6, 6.07) is 15.1. The van der Waals surface area contributed by atoms with E-state index in [-0.39, 0.29) is 5.56 Å². The van der Waals surface area contributed by atoms with Crippen LogP contribution in [0.5, 0.6) is 5.75 Å². The van der Waals surface area contributed by atoms with Gasteiger partial charge in [0.25, 0.3) is 5.56 Å². The molecule has 0 radical (unpaired) electrons. The van der Waals surface area contributed by atoms with Crippen LogP contribution in [0.4, 0.5) is 0 Å². The number of halogens is 1. The molecule has 0 saturated heterocycles. The first-order valence-electron chi connectivity index (χ1n) is 7.59. The third-order valence-corrected chi connectivity index (χ3v) is 4.32. The molecule has 122 valence electrons. The average Bonchev–Trinajstić information content (AvgIpc) is 2.87. The van der Waals surface area contributed by atoms with E-state index in [1.807, 2.05) is 61.5 Å². The third-order valence-electron chi connectivity index (χ3n) is 3.60. The lowest BCUT2D eigenvalue weighted by atomic mass is 10.2. The summed E-state index contributed by atoms with van der Waals surface area (Å²) in [5.74, 6) is 0.761. The van der Waals surface area contributed by atoms with Crippen LogP contribution in [-0.4, -0.2) is 16.4 Å². The van der Waals surface area contributed by atoms with Crippen molar-refractivity contribution >= 4 is 28.6 Å². The van der Waals surface area contributed by atoms with Gasteiger partial charge in [-0.25, -0.2) is 4.68 Å². The molecule has 0 unspecified atom stereocenters. The lowest BCUT2D eigenvalue weighted by molar-refractivity contribution is 0.340. The van der Waals surface area contributed by atoms with Crippen LogP contribution in [0.25, 0.3) is 18.3 Å². The Hall–Kier alpha value is -2.53. The number of para-hydroxylation sites is 1. The van der Waals surface area contributed by atoms with Crippen molar-refractivity contribution < 1.29 is 4.74 Å². The lowest BCUT2D eigenvalue weighted by Gasteiger charge is -2.05. The van der Waals surface area contributed by atoms with Gasteiger partial charge >= 0.3 is 0 Å². The van der Waals surface area contributed by atoms with Gasteiger partial charge in [-0.05, 0) is 48.9 Å². The van der Waals surface area contributed by atoms with E-state index in [2.05, 4.69) is 27.6 Å². The maximum Gasteiger partial charge on any atom is 0.279 e. The molecule has 0 saturated carbocycles. The van der Waals surface area contributed by atoms with E-state index in [0.717, 1.165) is 21.5 Å². The van der Waals surface area contributed by atoms with Crippen LogP contribution in [0.3, 0.4) is 0 Å². The van der Waals surface area contributed by atoms with Crippen molar-refractivity contribution in [2.24, 2.45) is 0 Å². The molecule has 24 heavy (non-hydrogen) atoms. The van der Waals surface area contributed by atoms with Crippen molar-refractivity contribution in [2.75, 3.05) is 6.61 Å². The molecule has 0 aliphatic heterocycles. The fourth-order valence-corrected chi connectivity index (χ4v) is 2.81. The Morgan fingerprint density at radius 3 is 2.71 bits per heavy atom. The van der Waals surface area contributed by atoms with Crippen LogP contribution < -0.4 is 20.9 Å². The summed E-state index contributed by atoms with van der Waals surface area (Å²) in [5.41, 5.74) is 1.50. The summed E-state index contributed by atoms with van der Waals surface area (Å²) in [6.07, 6.45) is 1.81. The zero-order valence-electron chi connectivity index (χ0n) is 13.3. The second-order valence-corrected chi connectivity index (χ2v) is 6.10. The van der Waals surface area contributed by atoms with Crippen molar-refractivity contribution in [3.8, 4) is 11.4 Å². The highest BCUT2D eigenvalue weighted by Gasteiger charge is 2.06. The van der Waals surface area contributed by atoms with Crippen molar-refractivity contribution in [3.63, 3.8) is 0 Å². The number of aromatic nitrogens is 2. The number of nitrogens with one attached hydrogen (secondary N) is 1. The third kappa shape index (κ3) is 3.21. The van der Waals surface area contributed by atoms with E-state index < -0.39 is 0 Å². The minimum atomic E-state index is -0.139. The number of aromatic amines is 1. The summed E-state index contributed by atoms with van der Waals surface area (Å²) in [4.78, 5) is 12.7. The largest absolute Gasteiger partial charge is 0.494 e. The van der Waals surface area contributed by atoms with Crippen LogP contribution in [0.2, 0.25) is 0 Å². The van der Waals surface area contributed by atoms with E-state index in [1.165, 1.54) is 4.68 Å². The molecule has 1 N–H and O–H groups in total. The van der Waals surface area contributed by atoms with E-state index in [4.69, 9.17) is 4.74 Å². The summed E-state index contributed by atoms with van der Waals surface area (Å²) < 4.78 is 7.91. The molecule has 0 aliphatic rings. The summed E-state index contributed by atoms with van der Waals surface area (Å²) in [5, 5.41) is 4.11. The van der Waals surface area contributed by atoms with E-state index >= 15 is 0 Å². The van der Waals surface area contributed by atoms with Gasteiger partial charge in [0.1, 0.15) is 5.75 Å². The molecule has 0 amide bonds. The Balaban J connectivity index is 2.16. The Bertz CT molecular complexity index is 1020. The first kappa shape index (κ1) is 16.3. The first-order chi connectivity index (χ1) is 11.6. The van der Waals surface area contributed by atoms with Crippen LogP contribution in [-0.2, 0) is 0 Å². The van der Waals surface area contributed by atoms with Gasteiger partial charge in [0, 0.05) is 4.47 Å². The zero-order chi connectivity index (χ0) is 17.1. The van der Waals surface area contributed by atoms with Gasteiger partial charge in [-0.1, -0.05) is 40.7 Å². The molecule has 0 fully saturated rings. The summed E-state index contributed by atoms with van der Waals surface area (Å²) in [7, 11) is 0. The van der Waals surface area contributed by atoms with Crippen molar-refractivity contribution in [3.05, 3.63) is 79.5 Å². The Labute approximate surface area is 147 Å². The molecule has 2 aromatic carbocycles. The standard InChI is InChI=1S/C19H17BrN2O2/c1-3-24-16-9-10-18(20)14(11-16)12-17-13(2)21-22(19(17)23)15-7-5-4-6-8-15/h4-12,21H,2-3H2,1H3/b17-12-. The molecular weight excluding hydrogens is 368 g/mol. The molecule has 0 spiro atoms.